The van der Waals surface area contributed by atoms with Crippen LogP contribution < -0.4 is 10.6 Å². The van der Waals surface area contributed by atoms with Crippen molar-refractivity contribution in [3.63, 3.8) is 0 Å². The second kappa shape index (κ2) is 9.78. The highest BCUT2D eigenvalue weighted by Gasteiger charge is 2.31. The second-order valence-corrected chi connectivity index (χ2v) is 11.1. The first-order valence-electron chi connectivity index (χ1n) is 10.2. The number of hydrogen-bond acceptors (Lipinski definition) is 6. The van der Waals surface area contributed by atoms with Crippen molar-refractivity contribution < 1.29 is 27.5 Å². The van der Waals surface area contributed by atoms with Crippen LogP contribution in [0.2, 0.25) is 0 Å². The quantitative estimate of drug-likeness (QED) is 0.659. The minimum absolute atomic E-state index is 0.0990. The molecule has 0 aliphatic carbocycles. The SMILES string of the molecule is CC1CC(C)CN(S(=O)(=O)c2ccc(C(=O)OCC(=O)NC(=O)NC(C)(C)C)cc2)C1. The van der Waals surface area contributed by atoms with Crippen LogP contribution in [0.4, 0.5) is 4.79 Å². The van der Waals surface area contributed by atoms with Crippen LogP contribution in [0.3, 0.4) is 0 Å². The Balaban J connectivity index is 1.94. The number of nitrogens with zero attached hydrogens (tertiary/aromatic N) is 1. The van der Waals surface area contributed by atoms with E-state index in [9.17, 15) is 22.8 Å². The van der Waals surface area contributed by atoms with Crippen LogP contribution >= 0.6 is 0 Å². The fourth-order valence-electron chi connectivity index (χ4n) is 3.46. The van der Waals surface area contributed by atoms with Gasteiger partial charge < -0.3 is 10.1 Å². The molecular formula is C21H31N3O6S. The van der Waals surface area contributed by atoms with Gasteiger partial charge in [0.15, 0.2) is 6.61 Å². The van der Waals surface area contributed by atoms with E-state index in [1.807, 2.05) is 13.8 Å². The molecule has 1 saturated heterocycles. The molecule has 1 aliphatic heterocycles. The third-order valence-electron chi connectivity index (χ3n) is 4.64. The van der Waals surface area contributed by atoms with E-state index in [2.05, 4.69) is 10.6 Å². The largest absolute Gasteiger partial charge is 0.452 e. The smallest absolute Gasteiger partial charge is 0.338 e. The van der Waals surface area contributed by atoms with E-state index in [1.165, 1.54) is 28.6 Å². The number of urea groups is 1. The van der Waals surface area contributed by atoms with E-state index in [0.717, 1.165) is 6.42 Å². The molecule has 31 heavy (non-hydrogen) atoms. The van der Waals surface area contributed by atoms with Crippen molar-refractivity contribution in [3.05, 3.63) is 29.8 Å². The number of sulfonamides is 1. The summed E-state index contributed by atoms with van der Waals surface area (Å²) >= 11 is 0. The molecule has 2 N–H and O–H groups in total. The van der Waals surface area contributed by atoms with Gasteiger partial charge in [0.2, 0.25) is 10.0 Å². The average Bonchev–Trinajstić information content (AvgIpc) is 2.63. The molecule has 1 aromatic carbocycles. The summed E-state index contributed by atoms with van der Waals surface area (Å²) in [5, 5.41) is 4.61. The number of imide groups is 1. The lowest BCUT2D eigenvalue weighted by Gasteiger charge is -2.34. The molecule has 0 radical (unpaired) electrons. The Hall–Kier alpha value is -2.46. The summed E-state index contributed by atoms with van der Waals surface area (Å²) in [6.07, 6.45) is 0.988. The zero-order chi connectivity index (χ0) is 23.4. The fourth-order valence-corrected chi connectivity index (χ4v) is 5.14. The van der Waals surface area contributed by atoms with Crippen molar-refractivity contribution >= 4 is 27.9 Å². The average molecular weight is 454 g/mol. The number of ether oxygens (including phenoxy) is 1. The molecule has 2 atom stereocenters. The van der Waals surface area contributed by atoms with E-state index in [1.54, 1.807) is 20.8 Å². The molecule has 2 rings (SSSR count). The first kappa shape index (κ1) is 24.8. The van der Waals surface area contributed by atoms with E-state index in [0.29, 0.717) is 13.1 Å². The minimum Gasteiger partial charge on any atom is -0.452 e. The Morgan fingerprint density at radius 2 is 1.61 bits per heavy atom. The monoisotopic (exact) mass is 453 g/mol. The van der Waals surface area contributed by atoms with E-state index < -0.39 is 40.1 Å². The molecule has 0 saturated carbocycles. The molecule has 1 aliphatic rings. The molecule has 10 heteroatoms. The Labute approximate surface area is 183 Å². The minimum atomic E-state index is -3.65. The van der Waals surface area contributed by atoms with Gasteiger partial charge in [0.25, 0.3) is 5.91 Å². The second-order valence-electron chi connectivity index (χ2n) is 9.12. The van der Waals surface area contributed by atoms with Crippen molar-refractivity contribution in [3.8, 4) is 0 Å². The number of carbonyl (C=O) groups is 3. The predicted octanol–water partition coefficient (Wildman–Crippen LogP) is 2.13. The lowest BCUT2D eigenvalue weighted by molar-refractivity contribution is -0.123. The highest BCUT2D eigenvalue weighted by molar-refractivity contribution is 7.89. The van der Waals surface area contributed by atoms with Crippen LogP contribution in [0, 0.1) is 11.8 Å². The van der Waals surface area contributed by atoms with Gasteiger partial charge in [0.05, 0.1) is 10.5 Å². The van der Waals surface area contributed by atoms with Gasteiger partial charge in [-0.3, -0.25) is 10.1 Å². The van der Waals surface area contributed by atoms with Gasteiger partial charge in [-0.1, -0.05) is 13.8 Å². The number of carbonyl (C=O) groups excluding carboxylic acids is 3. The van der Waals surface area contributed by atoms with Gasteiger partial charge in [0.1, 0.15) is 0 Å². The van der Waals surface area contributed by atoms with Crippen LogP contribution in [0.25, 0.3) is 0 Å². The van der Waals surface area contributed by atoms with Crippen molar-refractivity contribution in [2.75, 3.05) is 19.7 Å². The summed E-state index contributed by atoms with van der Waals surface area (Å²) in [5.41, 5.74) is -0.417. The summed E-state index contributed by atoms with van der Waals surface area (Å²) in [4.78, 5) is 35.6. The molecule has 172 valence electrons. The van der Waals surface area contributed by atoms with Gasteiger partial charge >= 0.3 is 12.0 Å². The summed E-state index contributed by atoms with van der Waals surface area (Å²) in [6.45, 7) is 9.62. The lowest BCUT2D eigenvalue weighted by atomic mass is 9.94. The van der Waals surface area contributed by atoms with Crippen LogP contribution in [0.15, 0.2) is 29.2 Å². The molecule has 1 aromatic rings. The zero-order valence-electron chi connectivity index (χ0n) is 18.6. The highest BCUT2D eigenvalue weighted by atomic mass is 32.2. The van der Waals surface area contributed by atoms with Gasteiger partial charge in [-0.2, -0.15) is 4.31 Å². The van der Waals surface area contributed by atoms with Crippen molar-refractivity contribution in [1.29, 1.82) is 0 Å². The number of nitrogens with one attached hydrogen (secondary N) is 2. The molecule has 1 heterocycles. The van der Waals surface area contributed by atoms with Crippen LogP contribution in [0.1, 0.15) is 51.4 Å². The Morgan fingerprint density at radius 3 is 2.13 bits per heavy atom. The standard InChI is InChI=1S/C21H31N3O6S/c1-14-10-15(2)12-24(11-14)31(28,29)17-8-6-16(7-9-17)19(26)30-13-18(25)22-20(27)23-21(3,4)5/h6-9,14-15H,10-13H2,1-5H3,(H2,22,23,25,27). The summed E-state index contributed by atoms with van der Waals surface area (Å²) in [6, 6.07) is 4.70. The zero-order valence-corrected chi connectivity index (χ0v) is 19.4. The number of amides is 3. The van der Waals surface area contributed by atoms with E-state index >= 15 is 0 Å². The summed E-state index contributed by atoms with van der Waals surface area (Å²) < 4.78 is 32.2. The first-order valence-corrected chi connectivity index (χ1v) is 11.6. The molecule has 1 fully saturated rings. The van der Waals surface area contributed by atoms with Gasteiger partial charge in [-0.15, -0.1) is 0 Å². The van der Waals surface area contributed by atoms with E-state index in [4.69, 9.17) is 4.74 Å². The number of hydrogen-bond donors (Lipinski definition) is 2. The van der Waals surface area contributed by atoms with Crippen LogP contribution in [-0.2, 0) is 19.6 Å². The van der Waals surface area contributed by atoms with Crippen molar-refractivity contribution in [2.45, 2.75) is 51.5 Å². The van der Waals surface area contributed by atoms with Gasteiger partial charge in [-0.25, -0.2) is 18.0 Å². The van der Waals surface area contributed by atoms with Gasteiger partial charge in [-0.05, 0) is 63.3 Å². The van der Waals surface area contributed by atoms with Gasteiger partial charge in [0, 0.05) is 18.6 Å². The third kappa shape index (κ3) is 7.32. The lowest BCUT2D eigenvalue weighted by Crippen LogP contribution is -2.49. The molecule has 0 spiro atoms. The van der Waals surface area contributed by atoms with E-state index in [-0.39, 0.29) is 22.3 Å². The highest BCUT2D eigenvalue weighted by Crippen LogP contribution is 2.26. The maximum absolute atomic E-state index is 12.9. The Kier molecular flexibility index (Phi) is 7.82. The van der Waals surface area contributed by atoms with Crippen LogP contribution in [-0.4, -0.2) is 55.9 Å². The molecular weight excluding hydrogens is 422 g/mol. The topological polar surface area (TPSA) is 122 Å². The maximum atomic E-state index is 12.9. The van der Waals surface area contributed by atoms with Crippen molar-refractivity contribution in [1.82, 2.24) is 14.9 Å². The first-order chi connectivity index (χ1) is 14.3. The number of rotatable bonds is 5. The number of benzene rings is 1. The van der Waals surface area contributed by atoms with Crippen LogP contribution in [0.5, 0.6) is 0 Å². The normalized spacial score (nSPS) is 20.0. The number of piperidine rings is 1. The maximum Gasteiger partial charge on any atom is 0.338 e. The third-order valence-corrected chi connectivity index (χ3v) is 6.48. The Bertz CT molecular complexity index is 911. The molecule has 9 nitrogen and oxygen atoms in total. The number of esters is 1. The molecule has 2 unspecified atom stereocenters. The molecule has 3 amide bonds. The predicted molar refractivity (Wildman–Crippen MR) is 115 cm³/mol. The van der Waals surface area contributed by atoms with Crippen molar-refractivity contribution in [2.24, 2.45) is 11.8 Å². The Morgan fingerprint density at radius 1 is 1.06 bits per heavy atom. The summed E-state index contributed by atoms with van der Waals surface area (Å²) in [5.74, 6) is -1.01. The summed E-state index contributed by atoms with van der Waals surface area (Å²) in [7, 11) is -3.65. The fraction of sp³-hybridized carbons (Fsp3) is 0.571. The molecule has 0 bridgehead atoms. The molecule has 0 aromatic heterocycles.